The van der Waals surface area contributed by atoms with Crippen molar-refractivity contribution in [1.82, 2.24) is 0 Å². The molecule has 24 heavy (non-hydrogen) atoms. The van der Waals surface area contributed by atoms with Crippen molar-refractivity contribution in [3.63, 3.8) is 0 Å². The first-order valence-corrected chi connectivity index (χ1v) is 9.91. The van der Waals surface area contributed by atoms with E-state index in [-0.39, 0.29) is 12.3 Å². The Balaban J connectivity index is 4.01. The van der Waals surface area contributed by atoms with Gasteiger partial charge in [-0.3, -0.25) is 4.79 Å². The van der Waals surface area contributed by atoms with Crippen LogP contribution in [0.5, 0.6) is 0 Å². The highest BCUT2D eigenvalue weighted by molar-refractivity contribution is 5.67. The molecule has 0 aromatic rings. The van der Waals surface area contributed by atoms with Gasteiger partial charge >= 0.3 is 5.97 Å². The fraction of sp³-hybridized carbons (Fsp3) is 0.773. The van der Waals surface area contributed by atoms with Gasteiger partial charge in [-0.15, -0.1) is 0 Å². The summed E-state index contributed by atoms with van der Waals surface area (Å²) in [7, 11) is 0. The monoisotopic (exact) mass is 336 g/mol. The van der Waals surface area contributed by atoms with Gasteiger partial charge in [0, 0.05) is 0 Å². The molecule has 140 valence electrons. The number of carboxylic acid groups (broad SMARTS) is 1. The molecule has 0 bridgehead atoms. The Morgan fingerprint density at radius 2 is 1.38 bits per heavy atom. The standard InChI is InChI=1S/C22H40O2/c1-6-7-8-9-10-11-12-13-18(2)14-19(3)15-20(4)16-21(5)17-22(23)24/h14,16,18,21H,6-13,15,17H2,1-5H3,(H,23,24)/b19-14-,20-16+/t18-,21+/m1/s1. The molecule has 0 saturated heterocycles. The highest BCUT2D eigenvalue weighted by Gasteiger charge is 2.06. The topological polar surface area (TPSA) is 37.3 Å². The number of carbonyl (C=O) groups is 1. The summed E-state index contributed by atoms with van der Waals surface area (Å²) in [5, 5.41) is 8.82. The molecule has 0 heterocycles. The Morgan fingerprint density at radius 3 is 1.92 bits per heavy atom. The van der Waals surface area contributed by atoms with Crippen molar-refractivity contribution >= 4 is 5.97 Å². The third kappa shape index (κ3) is 14.5. The Hall–Kier alpha value is -1.05. The van der Waals surface area contributed by atoms with Gasteiger partial charge in [-0.1, -0.05) is 89.0 Å². The average molecular weight is 337 g/mol. The van der Waals surface area contributed by atoms with E-state index in [4.69, 9.17) is 5.11 Å². The van der Waals surface area contributed by atoms with Gasteiger partial charge in [0.25, 0.3) is 0 Å². The molecule has 0 aliphatic carbocycles. The van der Waals surface area contributed by atoms with E-state index in [2.05, 4.69) is 39.8 Å². The van der Waals surface area contributed by atoms with Gasteiger partial charge in [-0.05, 0) is 38.5 Å². The van der Waals surface area contributed by atoms with Crippen molar-refractivity contribution in [2.45, 2.75) is 98.8 Å². The van der Waals surface area contributed by atoms with Crippen LogP contribution >= 0.6 is 0 Å². The number of rotatable bonds is 14. The van der Waals surface area contributed by atoms with Gasteiger partial charge in [0.15, 0.2) is 0 Å². The second-order valence-corrected chi connectivity index (χ2v) is 7.67. The quantitative estimate of drug-likeness (QED) is 0.270. The van der Waals surface area contributed by atoms with Crippen molar-refractivity contribution in [3.8, 4) is 0 Å². The van der Waals surface area contributed by atoms with Crippen molar-refractivity contribution in [3.05, 3.63) is 23.3 Å². The lowest BCUT2D eigenvalue weighted by Gasteiger charge is -2.10. The first-order chi connectivity index (χ1) is 11.3. The zero-order valence-electron chi connectivity index (χ0n) is 16.7. The summed E-state index contributed by atoms with van der Waals surface area (Å²) in [4.78, 5) is 10.7. The van der Waals surface area contributed by atoms with Gasteiger partial charge in [0.1, 0.15) is 0 Å². The SMILES string of the molecule is CCCCCCCCC[C@@H](C)/C=C(/C)C/C(C)=C/[C@H](C)CC(=O)O. The number of aliphatic carboxylic acids is 1. The van der Waals surface area contributed by atoms with Crippen molar-refractivity contribution in [2.24, 2.45) is 11.8 Å². The molecule has 0 aliphatic rings. The Kier molecular flexibility index (Phi) is 13.7. The largest absolute Gasteiger partial charge is 0.481 e. The second-order valence-electron chi connectivity index (χ2n) is 7.67. The maximum Gasteiger partial charge on any atom is 0.303 e. The normalized spacial score (nSPS) is 15.4. The summed E-state index contributed by atoms with van der Waals surface area (Å²) < 4.78 is 0. The van der Waals surface area contributed by atoms with Gasteiger partial charge in [0.05, 0.1) is 6.42 Å². The lowest BCUT2D eigenvalue weighted by atomic mass is 9.96. The fourth-order valence-corrected chi connectivity index (χ4v) is 3.37. The van der Waals surface area contributed by atoms with Crippen molar-refractivity contribution < 1.29 is 9.90 Å². The first-order valence-electron chi connectivity index (χ1n) is 9.91. The zero-order valence-corrected chi connectivity index (χ0v) is 16.7. The lowest BCUT2D eigenvalue weighted by Crippen LogP contribution is -2.02. The summed E-state index contributed by atoms with van der Waals surface area (Å²) in [6.45, 7) is 10.9. The smallest absolute Gasteiger partial charge is 0.303 e. The van der Waals surface area contributed by atoms with E-state index in [1.165, 1.54) is 62.5 Å². The summed E-state index contributed by atoms with van der Waals surface area (Å²) in [5.74, 6) is 0.0347. The van der Waals surface area contributed by atoms with Crippen LogP contribution in [0.15, 0.2) is 23.3 Å². The molecule has 2 atom stereocenters. The predicted molar refractivity (Wildman–Crippen MR) is 105 cm³/mol. The molecule has 0 aliphatic heterocycles. The molecule has 0 saturated carbocycles. The molecule has 0 aromatic heterocycles. The molecule has 2 heteroatoms. The van der Waals surface area contributed by atoms with E-state index in [1.807, 2.05) is 6.92 Å². The maximum atomic E-state index is 10.7. The summed E-state index contributed by atoms with van der Waals surface area (Å²) >= 11 is 0. The highest BCUT2D eigenvalue weighted by atomic mass is 16.4. The zero-order chi connectivity index (χ0) is 18.4. The summed E-state index contributed by atoms with van der Waals surface area (Å²) in [6, 6.07) is 0. The molecule has 1 N–H and O–H groups in total. The number of hydrogen-bond donors (Lipinski definition) is 1. The number of allylic oxidation sites excluding steroid dienone is 4. The van der Waals surface area contributed by atoms with Crippen LogP contribution in [0.25, 0.3) is 0 Å². The van der Waals surface area contributed by atoms with E-state index in [0.29, 0.717) is 5.92 Å². The molecule has 2 nitrogen and oxygen atoms in total. The van der Waals surface area contributed by atoms with Gasteiger partial charge in [-0.25, -0.2) is 0 Å². The van der Waals surface area contributed by atoms with Crippen LogP contribution in [0.1, 0.15) is 98.8 Å². The molecule has 0 unspecified atom stereocenters. The third-order valence-corrected chi connectivity index (χ3v) is 4.46. The molecular formula is C22H40O2. The van der Waals surface area contributed by atoms with Crippen LogP contribution in [0.3, 0.4) is 0 Å². The maximum absolute atomic E-state index is 10.7. The number of hydrogen-bond acceptors (Lipinski definition) is 1. The van der Waals surface area contributed by atoms with Gasteiger partial charge in [-0.2, -0.15) is 0 Å². The van der Waals surface area contributed by atoms with Crippen LogP contribution in [-0.4, -0.2) is 11.1 Å². The van der Waals surface area contributed by atoms with E-state index in [9.17, 15) is 4.79 Å². The van der Waals surface area contributed by atoms with Gasteiger partial charge in [0.2, 0.25) is 0 Å². The second kappa shape index (κ2) is 14.3. The molecule has 0 radical (unpaired) electrons. The van der Waals surface area contributed by atoms with Crippen LogP contribution in [0.2, 0.25) is 0 Å². The molecule has 0 amide bonds. The van der Waals surface area contributed by atoms with Crippen molar-refractivity contribution in [2.75, 3.05) is 0 Å². The Morgan fingerprint density at radius 1 is 0.875 bits per heavy atom. The minimum Gasteiger partial charge on any atom is -0.481 e. The van der Waals surface area contributed by atoms with E-state index in [1.54, 1.807) is 0 Å². The third-order valence-electron chi connectivity index (χ3n) is 4.46. The average Bonchev–Trinajstić information content (AvgIpc) is 2.44. The van der Waals surface area contributed by atoms with Crippen LogP contribution in [0, 0.1) is 11.8 Å². The van der Waals surface area contributed by atoms with Crippen LogP contribution in [0.4, 0.5) is 0 Å². The minimum atomic E-state index is -0.720. The highest BCUT2D eigenvalue weighted by Crippen LogP contribution is 2.19. The van der Waals surface area contributed by atoms with Crippen LogP contribution < -0.4 is 0 Å². The number of unbranched alkanes of at least 4 members (excludes halogenated alkanes) is 6. The predicted octanol–water partition coefficient (Wildman–Crippen LogP) is 7.16. The molecular weight excluding hydrogens is 296 g/mol. The van der Waals surface area contributed by atoms with Gasteiger partial charge < -0.3 is 5.11 Å². The minimum absolute atomic E-state index is 0.112. The van der Waals surface area contributed by atoms with Crippen LogP contribution in [-0.2, 0) is 4.79 Å². The number of carboxylic acids is 1. The first kappa shape index (κ1) is 22.9. The van der Waals surface area contributed by atoms with E-state index >= 15 is 0 Å². The molecule has 0 aromatic carbocycles. The summed E-state index contributed by atoms with van der Waals surface area (Å²) in [5.41, 5.74) is 2.68. The molecule has 0 rings (SSSR count). The molecule has 0 spiro atoms. The Labute approximate surface area is 150 Å². The van der Waals surface area contributed by atoms with E-state index < -0.39 is 5.97 Å². The summed E-state index contributed by atoms with van der Waals surface area (Å²) in [6.07, 6.45) is 16.6. The lowest BCUT2D eigenvalue weighted by molar-refractivity contribution is -0.137. The Bertz CT molecular complexity index is 393. The van der Waals surface area contributed by atoms with Crippen molar-refractivity contribution in [1.29, 1.82) is 0 Å². The fourth-order valence-electron chi connectivity index (χ4n) is 3.37. The van der Waals surface area contributed by atoms with E-state index in [0.717, 1.165) is 6.42 Å². The molecule has 0 fully saturated rings.